The van der Waals surface area contributed by atoms with Gasteiger partial charge in [-0.05, 0) is 34.9 Å². The monoisotopic (exact) mass is 184 g/mol. The second-order valence-corrected chi connectivity index (χ2v) is 4.40. The standard InChI is InChI=1S/C10H20N2O/c1-10(2,3)11-9(13)7-6-8-12(4)5/h6-7H,8H2,1-5H3,(H,11,13)/b7-6+. The van der Waals surface area contributed by atoms with Crippen LogP contribution in [0.4, 0.5) is 0 Å². The first-order valence-corrected chi connectivity index (χ1v) is 4.45. The van der Waals surface area contributed by atoms with Gasteiger partial charge in [-0.25, -0.2) is 0 Å². The van der Waals surface area contributed by atoms with E-state index in [1.165, 1.54) is 0 Å². The highest BCUT2D eigenvalue weighted by atomic mass is 16.1. The first kappa shape index (κ1) is 12.2. The number of likely N-dealkylation sites (N-methyl/N-ethyl adjacent to an activating group) is 1. The Hall–Kier alpha value is -0.830. The highest BCUT2D eigenvalue weighted by Crippen LogP contribution is 1.97. The zero-order chi connectivity index (χ0) is 10.5. The van der Waals surface area contributed by atoms with Crippen LogP contribution in [0, 0.1) is 0 Å². The van der Waals surface area contributed by atoms with E-state index in [4.69, 9.17) is 0 Å². The van der Waals surface area contributed by atoms with E-state index in [1.807, 2.05) is 45.8 Å². The van der Waals surface area contributed by atoms with E-state index in [-0.39, 0.29) is 11.4 Å². The van der Waals surface area contributed by atoms with Crippen LogP contribution in [0.2, 0.25) is 0 Å². The Bertz CT molecular complexity index is 190. The second kappa shape index (κ2) is 5.02. The zero-order valence-corrected chi connectivity index (χ0v) is 9.22. The Labute approximate surface area is 80.8 Å². The summed E-state index contributed by atoms with van der Waals surface area (Å²) in [4.78, 5) is 13.2. The molecule has 13 heavy (non-hydrogen) atoms. The molecule has 1 N–H and O–H groups in total. The van der Waals surface area contributed by atoms with Crippen LogP contribution in [-0.2, 0) is 4.79 Å². The van der Waals surface area contributed by atoms with E-state index in [0.29, 0.717) is 0 Å². The average molecular weight is 184 g/mol. The van der Waals surface area contributed by atoms with Gasteiger partial charge in [-0.3, -0.25) is 4.79 Å². The Kier molecular flexibility index (Phi) is 4.70. The highest BCUT2D eigenvalue weighted by molar-refractivity contribution is 5.87. The highest BCUT2D eigenvalue weighted by Gasteiger charge is 2.10. The summed E-state index contributed by atoms with van der Waals surface area (Å²) < 4.78 is 0. The minimum Gasteiger partial charge on any atom is -0.348 e. The van der Waals surface area contributed by atoms with Crippen molar-refractivity contribution in [2.45, 2.75) is 26.3 Å². The molecule has 1 amide bonds. The molecule has 0 heterocycles. The van der Waals surface area contributed by atoms with Gasteiger partial charge in [0.15, 0.2) is 0 Å². The number of hydrogen-bond acceptors (Lipinski definition) is 2. The second-order valence-electron chi connectivity index (χ2n) is 4.40. The number of nitrogens with zero attached hydrogens (tertiary/aromatic N) is 1. The number of nitrogens with one attached hydrogen (secondary N) is 1. The Morgan fingerprint density at radius 3 is 2.31 bits per heavy atom. The van der Waals surface area contributed by atoms with Crippen LogP contribution < -0.4 is 5.32 Å². The van der Waals surface area contributed by atoms with E-state index < -0.39 is 0 Å². The van der Waals surface area contributed by atoms with E-state index >= 15 is 0 Å². The van der Waals surface area contributed by atoms with Crippen molar-refractivity contribution in [1.29, 1.82) is 0 Å². The van der Waals surface area contributed by atoms with Crippen LogP contribution in [-0.4, -0.2) is 37.0 Å². The first-order chi connectivity index (χ1) is 5.81. The maximum absolute atomic E-state index is 11.2. The van der Waals surface area contributed by atoms with Crippen LogP contribution in [0.3, 0.4) is 0 Å². The number of carbonyl (C=O) groups is 1. The largest absolute Gasteiger partial charge is 0.348 e. The van der Waals surface area contributed by atoms with E-state index in [1.54, 1.807) is 6.08 Å². The Morgan fingerprint density at radius 2 is 1.92 bits per heavy atom. The van der Waals surface area contributed by atoms with E-state index in [2.05, 4.69) is 5.32 Å². The molecule has 0 aromatic rings. The van der Waals surface area contributed by atoms with Gasteiger partial charge in [-0.1, -0.05) is 6.08 Å². The molecule has 0 aliphatic rings. The number of carbonyl (C=O) groups excluding carboxylic acids is 1. The van der Waals surface area contributed by atoms with Crippen molar-refractivity contribution in [2.75, 3.05) is 20.6 Å². The third-order valence-corrected chi connectivity index (χ3v) is 1.24. The first-order valence-electron chi connectivity index (χ1n) is 4.45. The van der Waals surface area contributed by atoms with Crippen molar-refractivity contribution in [2.24, 2.45) is 0 Å². The fourth-order valence-electron chi connectivity index (χ4n) is 0.782. The van der Waals surface area contributed by atoms with Gasteiger partial charge in [0.05, 0.1) is 0 Å². The lowest BCUT2D eigenvalue weighted by Crippen LogP contribution is -2.39. The lowest BCUT2D eigenvalue weighted by atomic mass is 10.1. The van der Waals surface area contributed by atoms with Crippen molar-refractivity contribution in [3.05, 3.63) is 12.2 Å². The molecule has 0 aliphatic heterocycles. The van der Waals surface area contributed by atoms with Gasteiger partial charge >= 0.3 is 0 Å². The van der Waals surface area contributed by atoms with Crippen LogP contribution in [0.1, 0.15) is 20.8 Å². The summed E-state index contributed by atoms with van der Waals surface area (Å²) in [6.45, 7) is 6.68. The van der Waals surface area contributed by atoms with Crippen molar-refractivity contribution in [1.82, 2.24) is 10.2 Å². The van der Waals surface area contributed by atoms with Gasteiger partial charge in [-0.2, -0.15) is 0 Å². The molecule has 0 fully saturated rings. The normalized spacial score (nSPS) is 12.5. The summed E-state index contributed by atoms with van der Waals surface area (Å²) in [6.07, 6.45) is 3.42. The predicted octanol–water partition coefficient (Wildman–Crippen LogP) is 1.02. The molecule has 0 radical (unpaired) electrons. The van der Waals surface area contributed by atoms with Crippen LogP contribution >= 0.6 is 0 Å². The molecule has 0 atom stereocenters. The summed E-state index contributed by atoms with van der Waals surface area (Å²) in [6, 6.07) is 0. The smallest absolute Gasteiger partial charge is 0.244 e. The maximum Gasteiger partial charge on any atom is 0.244 e. The van der Waals surface area contributed by atoms with Crippen molar-refractivity contribution < 1.29 is 4.79 Å². The zero-order valence-electron chi connectivity index (χ0n) is 9.22. The molecule has 0 unspecified atom stereocenters. The molecule has 0 aromatic carbocycles. The van der Waals surface area contributed by atoms with Crippen molar-refractivity contribution >= 4 is 5.91 Å². The van der Waals surface area contributed by atoms with Crippen LogP contribution in [0.25, 0.3) is 0 Å². The van der Waals surface area contributed by atoms with Crippen LogP contribution in [0.5, 0.6) is 0 Å². The van der Waals surface area contributed by atoms with Gasteiger partial charge in [0.2, 0.25) is 5.91 Å². The molecular formula is C10H20N2O. The number of rotatable bonds is 3. The van der Waals surface area contributed by atoms with Gasteiger partial charge in [0, 0.05) is 18.2 Å². The summed E-state index contributed by atoms with van der Waals surface area (Å²) in [5.41, 5.74) is -0.153. The molecule has 0 bridgehead atoms. The summed E-state index contributed by atoms with van der Waals surface area (Å²) >= 11 is 0. The van der Waals surface area contributed by atoms with E-state index in [9.17, 15) is 4.79 Å². The topological polar surface area (TPSA) is 32.3 Å². The fourth-order valence-corrected chi connectivity index (χ4v) is 0.782. The molecule has 3 heteroatoms. The van der Waals surface area contributed by atoms with Crippen molar-refractivity contribution in [3.8, 4) is 0 Å². The molecule has 0 aromatic heterocycles. The maximum atomic E-state index is 11.2. The summed E-state index contributed by atoms with van der Waals surface area (Å²) in [5.74, 6) is -0.0330. The molecular weight excluding hydrogens is 164 g/mol. The number of hydrogen-bond donors (Lipinski definition) is 1. The Morgan fingerprint density at radius 1 is 1.38 bits per heavy atom. The third kappa shape index (κ3) is 9.08. The molecule has 0 aliphatic carbocycles. The molecule has 0 rings (SSSR count). The average Bonchev–Trinajstić information content (AvgIpc) is 1.81. The minimum absolute atomic E-state index is 0.0330. The Balaban J connectivity index is 3.81. The number of amides is 1. The minimum atomic E-state index is -0.153. The van der Waals surface area contributed by atoms with Gasteiger partial charge in [0.1, 0.15) is 0 Å². The van der Waals surface area contributed by atoms with Crippen LogP contribution in [0.15, 0.2) is 12.2 Å². The predicted molar refractivity (Wildman–Crippen MR) is 55.6 cm³/mol. The third-order valence-electron chi connectivity index (χ3n) is 1.24. The van der Waals surface area contributed by atoms with Gasteiger partial charge < -0.3 is 10.2 Å². The van der Waals surface area contributed by atoms with Gasteiger partial charge in [-0.15, -0.1) is 0 Å². The lowest BCUT2D eigenvalue weighted by Gasteiger charge is -2.19. The van der Waals surface area contributed by atoms with Crippen molar-refractivity contribution in [3.63, 3.8) is 0 Å². The molecule has 0 saturated carbocycles. The SMILES string of the molecule is CN(C)C/C=C/C(=O)NC(C)(C)C. The quantitative estimate of drug-likeness (QED) is 0.664. The van der Waals surface area contributed by atoms with Gasteiger partial charge in [0.25, 0.3) is 0 Å². The summed E-state index contributed by atoms with van der Waals surface area (Å²) in [5, 5.41) is 2.85. The van der Waals surface area contributed by atoms with E-state index in [0.717, 1.165) is 6.54 Å². The molecule has 3 nitrogen and oxygen atoms in total. The fraction of sp³-hybridized carbons (Fsp3) is 0.700. The molecule has 0 spiro atoms. The lowest BCUT2D eigenvalue weighted by molar-refractivity contribution is -0.117. The molecule has 76 valence electrons. The molecule has 0 saturated heterocycles. The summed E-state index contributed by atoms with van der Waals surface area (Å²) in [7, 11) is 3.93.